The van der Waals surface area contributed by atoms with Gasteiger partial charge in [-0.1, -0.05) is 6.07 Å². The molecule has 11 nitrogen and oxygen atoms in total. The summed E-state index contributed by atoms with van der Waals surface area (Å²) in [5, 5.41) is 11.2. The van der Waals surface area contributed by atoms with Crippen molar-refractivity contribution in [1.82, 2.24) is 9.80 Å². The summed E-state index contributed by atoms with van der Waals surface area (Å²) in [4.78, 5) is 42.3. The first-order chi connectivity index (χ1) is 20.4. The van der Waals surface area contributed by atoms with Gasteiger partial charge in [0.05, 0.1) is 24.2 Å². The Morgan fingerprint density at radius 2 is 1.88 bits per heavy atom. The van der Waals surface area contributed by atoms with Crippen molar-refractivity contribution < 1.29 is 43.2 Å². The van der Waals surface area contributed by atoms with Crippen molar-refractivity contribution in [2.45, 2.75) is 57.5 Å². The number of hydrogen-bond acceptors (Lipinski definition) is 12. The Morgan fingerprint density at radius 3 is 2.56 bits per heavy atom. The molecule has 0 amide bonds. The fourth-order valence-corrected chi connectivity index (χ4v) is 7.81. The number of cyclic esters (lactones) is 1. The summed E-state index contributed by atoms with van der Waals surface area (Å²) < 4.78 is 28.4. The molecule has 0 spiro atoms. The van der Waals surface area contributed by atoms with Crippen LogP contribution in [0.4, 0.5) is 0 Å². The van der Waals surface area contributed by atoms with Crippen LogP contribution in [0.25, 0.3) is 0 Å². The molecule has 1 saturated heterocycles. The molecule has 0 radical (unpaired) electrons. The van der Waals surface area contributed by atoms with Crippen LogP contribution in [0.15, 0.2) is 12.1 Å². The molecule has 5 rings (SSSR count). The second-order valence-corrected chi connectivity index (χ2v) is 12.5. The summed E-state index contributed by atoms with van der Waals surface area (Å²) >= 11 is 1.27. The summed E-state index contributed by atoms with van der Waals surface area (Å²) in [6, 6.07) is 2.73. The van der Waals surface area contributed by atoms with Gasteiger partial charge in [0, 0.05) is 42.2 Å². The van der Waals surface area contributed by atoms with Crippen molar-refractivity contribution in [2.24, 2.45) is 0 Å². The molecule has 0 bridgehead atoms. The van der Waals surface area contributed by atoms with Crippen LogP contribution in [0.3, 0.4) is 0 Å². The maximum Gasteiger partial charge on any atom is 0.375 e. The van der Waals surface area contributed by atoms with E-state index in [1.165, 1.54) is 25.8 Å². The number of thioether (sulfide) groups is 1. The third kappa shape index (κ3) is 5.63. The average molecular weight is 615 g/mol. The molecule has 3 aliphatic rings. The van der Waals surface area contributed by atoms with Gasteiger partial charge in [-0.2, -0.15) is 0 Å². The van der Waals surface area contributed by atoms with Crippen molar-refractivity contribution in [3.63, 3.8) is 0 Å². The minimum Gasteiger partial charge on any atom is -0.504 e. The number of Topliss-reactive ketones (excluding diaryl/α,β-unsaturated/α-hetero) is 1. The number of hydrogen-bond donors (Lipinski definition) is 1. The number of aromatic hydroxyl groups is 1. The van der Waals surface area contributed by atoms with Crippen molar-refractivity contribution in [3.05, 3.63) is 39.9 Å². The van der Waals surface area contributed by atoms with Gasteiger partial charge in [-0.05, 0) is 58.5 Å². The molecule has 43 heavy (non-hydrogen) atoms. The van der Waals surface area contributed by atoms with Crippen molar-refractivity contribution in [2.75, 3.05) is 46.9 Å². The molecule has 1 N–H and O–H groups in total. The molecule has 0 saturated carbocycles. The summed E-state index contributed by atoms with van der Waals surface area (Å²) in [6.45, 7) is 7.60. The molecule has 0 aromatic heterocycles. The molecule has 4 atom stereocenters. The van der Waals surface area contributed by atoms with Crippen molar-refractivity contribution >= 4 is 29.5 Å². The fourth-order valence-electron chi connectivity index (χ4n) is 6.50. The number of rotatable bonds is 4. The molecule has 232 valence electrons. The standard InChI is InChI=1S/C31H38N2O9S/c1-15-10-19-8-9-33-16(2)12-39-31(37)21(35)13-43-30(25(33)24(32(5)6)23(19)26(36)27(15)38-7)20-11-22-29(41-14-40-22)17(3)28(20)42-18(4)34/h10-11,16,24-25,30,36H,8-9,12-14H2,1-7H3/t16-,24-,25?,30-/m1/s1. The van der Waals surface area contributed by atoms with E-state index in [2.05, 4.69) is 11.0 Å². The van der Waals surface area contributed by atoms with E-state index < -0.39 is 35.1 Å². The minimum atomic E-state index is -0.876. The van der Waals surface area contributed by atoms with E-state index in [4.69, 9.17) is 23.7 Å². The molecule has 0 aliphatic carbocycles. The van der Waals surface area contributed by atoms with Crippen LogP contribution in [0.5, 0.6) is 28.7 Å². The number of ether oxygens (including phenoxy) is 5. The number of phenols is 1. The monoisotopic (exact) mass is 614 g/mol. The van der Waals surface area contributed by atoms with Crippen molar-refractivity contribution in [3.8, 4) is 28.7 Å². The third-order valence-electron chi connectivity index (χ3n) is 8.34. The maximum absolute atomic E-state index is 12.9. The predicted molar refractivity (Wildman–Crippen MR) is 159 cm³/mol. The van der Waals surface area contributed by atoms with Gasteiger partial charge >= 0.3 is 11.9 Å². The van der Waals surface area contributed by atoms with Crippen molar-refractivity contribution in [1.29, 1.82) is 0 Å². The summed E-state index contributed by atoms with van der Waals surface area (Å²) in [7, 11) is 5.42. The van der Waals surface area contributed by atoms with Crippen LogP contribution in [-0.2, 0) is 25.5 Å². The molecule has 2 aromatic carbocycles. The number of carbonyl (C=O) groups excluding carboxylic acids is 3. The molecular weight excluding hydrogens is 576 g/mol. The zero-order valence-corrected chi connectivity index (χ0v) is 26.3. The van der Waals surface area contributed by atoms with Gasteiger partial charge < -0.3 is 33.7 Å². The SMILES string of the molecule is COc1c(C)cc2c(c1O)[C@@H](N(C)C)C1[C@@H](c3cc4c(c(C)c3OC(C)=O)OCO4)SCC(=O)C(=O)OC[C@@H](C)N1CC2. The highest BCUT2D eigenvalue weighted by atomic mass is 32.2. The summed E-state index contributed by atoms with van der Waals surface area (Å²) in [5.41, 5.74) is 3.74. The lowest BCUT2D eigenvalue weighted by atomic mass is 9.87. The molecule has 3 aliphatic heterocycles. The van der Waals surface area contributed by atoms with Gasteiger partial charge in [-0.15, -0.1) is 11.8 Å². The van der Waals surface area contributed by atoms with Gasteiger partial charge in [0.2, 0.25) is 12.6 Å². The van der Waals surface area contributed by atoms with Crippen LogP contribution in [0, 0.1) is 13.8 Å². The lowest BCUT2D eigenvalue weighted by Gasteiger charge is -2.46. The Kier molecular flexibility index (Phi) is 8.82. The zero-order valence-electron chi connectivity index (χ0n) is 25.5. The second kappa shape index (κ2) is 12.3. The van der Waals surface area contributed by atoms with Crippen LogP contribution in [0.1, 0.15) is 53.0 Å². The number of methoxy groups -OCH3 is 1. The predicted octanol–water partition coefficient (Wildman–Crippen LogP) is 3.49. The number of ketones is 1. The van der Waals surface area contributed by atoms with E-state index in [-0.39, 0.29) is 30.9 Å². The van der Waals surface area contributed by atoms with Crippen LogP contribution >= 0.6 is 11.8 Å². The zero-order chi connectivity index (χ0) is 31.2. The normalized spacial score (nSPS) is 24.1. The smallest absolute Gasteiger partial charge is 0.375 e. The lowest BCUT2D eigenvalue weighted by molar-refractivity contribution is -0.154. The highest BCUT2D eigenvalue weighted by Gasteiger charge is 2.46. The molecule has 3 heterocycles. The van der Waals surface area contributed by atoms with Gasteiger partial charge in [0.25, 0.3) is 0 Å². The number of carbonyl (C=O) groups is 3. The Labute approximate surface area is 255 Å². The number of nitrogens with zero attached hydrogens (tertiary/aromatic N) is 2. The molecule has 2 aromatic rings. The Balaban J connectivity index is 1.81. The highest BCUT2D eigenvalue weighted by molar-refractivity contribution is 8.00. The number of aryl methyl sites for hydroxylation is 1. The number of phenolic OH excluding ortho intramolecular Hbond substituents is 1. The van der Waals surface area contributed by atoms with Gasteiger partial charge in [-0.25, -0.2) is 4.79 Å². The minimum absolute atomic E-state index is 0.0141. The molecular formula is C31H38N2O9S. The second-order valence-electron chi connectivity index (χ2n) is 11.4. The topological polar surface area (TPSA) is 124 Å². The molecule has 12 heteroatoms. The maximum atomic E-state index is 12.9. The molecule has 1 unspecified atom stereocenters. The van der Waals surface area contributed by atoms with E-state index in [1.54, 1.807) is 13.0 Å². The molecule has 1 fully saturated rings. The quantitative estimate of drug-likeness (QED) is 0.308. The number of fused-ring (bicyclic) bond motifs is 3. The first kappa shape index (κ1) is 31.0. The van der Waals surface area contributed by atoms with Crippen LogP contribution in [0.2, 0.25) is 0 Å². The van der Waals surface area contributed by atoms with E-state index in [1.807, 2.05) is 32.8 Å². The lowest BCUT2D eigenvalue weighted by Crippen LogP contribution is -2.52. The Bertz CT molecular complexity index is 1460. The largest absolute Gasteiger partial charge is 0.504 e. The van der Waals surface area contributed by atoms with E-state index in [0.717, 1.165) is 16.7 Å². The van der Waals surface area contributed by atoms with Gasteiger partial charge in [-0.3, -0.25) is 14.5 Å². The third-order valence-corrected chi connectivity index (χ3v) is 9.67. The number of likely N-dealkylation sites (N-methyl/N-ethyl adjacent to an activating group) is 1. The fraction of sp³-hybridized carbons (Fsp3) is 0.516. The van der Waals surface area contributed by atoms with E-state index in [0.29, 0.717) is 47.1 Å². The van der Waals surface area contributed by atoms with Gasteiger partial charge in [0.1, 0.15) is 12.4 Å². The first-order valence-corrected chi connectivity index (χ1v) is 15.2. The number of benzene rings is 2. The highest BCUT2D eigenvalue weighted by Crippen LogP contribution is 2.54. The van der Waals surface area contributed by atoms with E-state index in [9.17, 15) is 19.5 Å². The summed E-state index contributed by atoms with van der Waals surface area (Å²) in [6.07, 6.45) is 0.611. The summed E-state index contributed by atoms with van der Waals surface area (Å²) in [5.74, 6) is -0.420. The Morgan fingerprint density at radius 1 is 1.14 bits per heavy atom. The Hall–Kier alpha value is -3.48. The van der Waals surface area contributed by atoms with E-state index >= 15 is 0 Å². The first-order valence-electron chi connectivity index (χ1n) is 14.2. The number of esters is 2. The van der Waals surface area contributed by atoms with Crippen LogP contribution < -0.4 is 18.9 Å². The average Bonchev–Trinajstić information content (AvgIpc) is 3.35. The van der Waals surface area contributed by atoms with Gasteiger partial charge in [0.15, 0.2) is 23.0 Å². The van der Waals surface area contributed by atoms with Crippen LogP contribution in [-0.4, -0.2) is 91.6 Å².